The molecule has 0 bridgehead atoms. The highest BCUT2D eigenvalue weighted by molar-refractivity contribution is 7.89. The first kappa shape index (κ1) is 14.9. The molecule has 4 heteroatoms. The molecular formula is C11H24NO2S. The fourth-order valence-corrected chi connectivity index (χ4v) is 2.45. The molecular weight excluding hydrogens is 210 g/mol. The summed E-state index contributed by atoms with van der Waals surface area (Å²) in [6.45, 7) is 4.68. The van der Waals surface area contributed by atoms with E-state index in [2.05, 4.69) is 18.6 Å². The SMILES string of the molecule is CCCCCC[N]S(=O)(=O)CCCCC. The molecule has 1 radical (unpaired) electrons. The molecule has 0 rings (SSSR count). The van der Waals surface area contributed by atoms with E-state index in [-0.39, 0.29) is 5.75 Å². The van der Waals surface area contributed by atoms with Gasteiger partial charge >= 0.3 is 0 Å². The van der Waals surface area contributed by atoms with Gasteiger partial charge in [0.2, 0.25) is 10.0 Å². The van der Waals surface area contributed by atoms with Gasteiger partial charge in [0.25, 0.3) is 0 Å². The zero-order valence-electron chi connectivity index (χ0n) is 10.0. The van der Waals surface area contributed by atoms with Crippen LogP contribution in [0, 0.1) is 0 Å². The van der Waals surface area contributed by atoms with E-state index in [0.717, 1.165) is 32.1 Å². The van der Waals surface area contributed by atoms with Crippen LogP contribution in [0.5, 0.6) is 0 Å². The van der Waals surface area contributed by atoms with Crippen LogP contribution in [-0.2, 0) is 10.0 Å². The predicted octanol–water partition coefficient (Wildman–Crippen LogP) is 2.69. The van der Waals surface area contributed by atoms with E-state index in [0.29, 0.717) is 6.54 Å². The average Bonchev–Trinajstić information content (AvgIpc) is 2.17. The third kappa shape index (κ3) is 10.2. The van der Waals surface area contributed by atoms with Crippen LogP contribution in [0.2, 0.25) is 0 Å². The maximum atomic E-state index is 11.4. The summed E-state index contributed by atoms with van der Waals surface area (Å²) in [5, 5.41) is 0. The Bertz CT molecular complexity index is 225. The molecule has 0 aromatic heterocycles. The summed E-state index contributed by atoms with van der Waals surface area (Å²) in [5.74, 6) is 0.231. The molecule has 0 amide bonds. The molecule has 0 aliphatic heterocycles. The normalized spacial score (nSPS) is 11.9. The molecule has 0 fully saturated rings. The maximum absolute atomic E-state index is 11.4. The molecule has 0 heterocycles. The number of unbranched alkanes of at least 4 members (excludes halogenated alkanes) is 5. The van der Waals surface area contributed by atoms with Crippen molar-refractivity contribution in [1.82, 2.24) is 4.72 Å². The van der Waals surface area contributed by atoms with E-state index < -0.39 is 10.0 Å². The summed E-state index contributed by atoms with van der Waals surface area (Å²) in [7, 11) is -3.12. The van der Waals surface area contributed by atoms with Crippen molar-refractivity contribution in [3.8, 4) is 0 Å². The van der Waals surface area contributed by atoms with Crippen LogP contribution in [0.15, 0.2) is 0 Å². The lowest BCUT2D eigenvalue weighted by Gasteiger charge is -2.03. The van der Waals surface area contributed by atoms with Crippen molar-refractivity contribution in [2.75, 3.05) is 12.3 Å². The number of sulfonamides is 1. The molecule has 0 aromatic carbocycles. The molecule has 91 valence electrons. The zero-order valence-corrected chi connectivity index (χ0v) is 10.9. The minimum Gasteiger partial charge on any atom is -0.211 e. The van der Waals surface area contributed by atoms with Crippen LogP contribution in [0.3, 0.4) is 0 Å². The van der Waals surface area contributed by atoms with Gasteiger partial charge in [-0.25, -0.2) is 8.42 Å². The Balaban J connectivity index is 3.47. The molecule has 0 spiro atoms. The van der Waals surface area contributed by atoms with E-state index in [1.54, 1.807) is 0 Å². The second-order valence-corrected chi connectivity index (χ2v) is 5.74. The van der Waals surface area contributed by atoms with Crippen LogP contribution in [0.4, 0.5) is 0 Å². The minimum atomic E-state index is -3.12. The van der Waals surface area contributed by atoms with Crippen molar-refractivity contribution >= 4 is 10.0 Å². The highest BCUT2D eigenvalue weighted by atomic mass is 32.2. The van der Waals surface area contributed by atoms with Gasteiger partial charge in [-0.2, -0.15) is 0 Å². The van der Waals surface area contributed by atoms with Crippen LogP contribution >= 0.6 is 0 Å². The fraction of sp³-hybridized carbons (Fsp3) is 1.00. The minimum absolute atomic E-state index is 0.231. The Morgan fingerprint density at radius 3 is 2.07 bits per heavy atom. The lowest BCUT2D eigenvalue weighted by Crippen LogP contribution is -2.20. The van der Waals surface area contributed by atoms with Gasteiger partial charge in [0.15, 0.2) is 0 Å². The molecule has 0 saturated carbocycles. The van der Waals surface area contributed by atoms with Gasteiger partial charge in [-0.15, -0.1) is 4.72 Å². The van der Waals surface area contributed by atoms with Gasteiger partial charge in [0, 0.05) is 6.54 Å². The number of hydrogen-bond donors (Lipinski definition) is 0. The number of hydrogen-bond acceptors (Lipinski definition) is 2. The lowest BCUT2D eigenvalue weighted by atomic mass is 10.2. The standard InChI is InChI=1S/C11H24NO2S/c1-3-5-7-8-10-12-15(13,14)11-9-6-4-2/h3-11H2,1-2H3. The molecule has 0 saturated heterocycles. The van der Waals surface area contributed by atoms with E-state index in [9.17, 15) is 8.42 Å². The Morgan fingerprint density at radius 1 is 0.867 bits per heavy atom. The molecule has 0 aromatic rings. The van der Waals surface area contributed by atoms with Crippen LogP contribution < -0.4 is 4.72 Å². The van der Waals surface area contributed by atoms with Crippen molar-refractivity contribution < 1.29 is 8.42 Å². The Morgan fingerprint density at radius 2 is 1.47 bits per heavy atom. The van der Waals surface area contributed by atoms with Gasteiger partial charge in [-0.05, 0) is 12.8 Å². The summed E-state index contributed by atoms with van der Waals surface area (Å²) in [6, 6.07) is 0. The van der Waals surface area contributed by atoms with Gasteiger partial charge in [-0.1, -0.05) is 46.0 Å². The molecule has 0 aliphatic rings. The van der Waals surface area contributed by atoms with Crippen LogP contribution in [0.1, 0.15) is 58.8 Å². The third-order valence-corrected chi connectivity index (χ3v) is 3.69. The second kappa shape index (κ2) is 9.16. The highest BCUT2D eigenvalue weighted by Crippen LogP contribution is 2.01. The molecule has 0 atom stereocenters. The maximum Gasteiger partial charge on any atom is 0.227 e. The third-order valence-electron chi connectivity index (χ3n) is 2.31. The average molecular weight is 234 g/mol. The van der Waals surface area contributed by atoms with Gasteiger partial charge < -0.3 is 0 Å². The molecule has 0 unspecified atom stereocenters. The van der Waals surface area contributed by atoms with Crippen LogP contribution in [0.25, 0.3) is 0 Å². The smallest absolute Gasteiger partial charge is 0.211 e. The quantitative estimate of drug-likeness (QED) is 0.546. The summed E-state index contributed by atoms with van der Waals surface area (Å²) in [5.41, 5.74) is 0. The summed E-state index contributed by atoms with van der Waals surface area (Å²) in [4.78, 5) is 0. The van der Waals surface area contributed by atoms with E-state index in [1.165, 1.54) is 12.8 Å². The van der Waals surface area contributed by atoms with Gasteiger partial charge in [-0.3, -0.25) is 0 Å². The zero-order chi connectivity index (χ0) is 11.6. The molecule has 15 heavy (non-hydrogen) atoms. The van der Waals surface area contributed by atoms with Gasteiger partial charge in [0.1, 0.15) is 0 Å². The topological polar surface area (TPSA) is 48.2 Å². The Labute approximate surface area is 94.7 Å². The van der Waals surface area contributed by atoms with E-state index in [1.807, 2.05) is 0 Å². The predicted molar refractivity (Wildman–Crippen MR) is 64.5 cm³/mol. The van der Waals surface area contributed by atoms with E-state index >= 15 is 0 Å². The fourth-order valence-electron chi connectivity index (χ4n) is 1.34. The van der Waals surface area contributed by atoms with Crippen molar-refractivity contribution in [2.24, 2.45) is 0 Å². The monoisotopic (exact) mass is 234 g/mol. The Kier molecular flexibility index (Phi) is 9.10. The molecule has 0 N–H and O–H groups in total. The first-order chi connectivity index (χ1) is 7.12. The van der Waals surface area contributed by atoms with E-state index in [4.69, 9.17) is 0 Å². The van der Waals surface area contributed by atoms with Crippen molar-refractivity contribution in [2.45, 2.75) is 58.8 Å². The first-order valence-electron chi connectivity index (χ1n) is 6.04. The lowest BCUT2D eigenvalue weighted by molar-refractivity contribution is 0.567. The highest BCUT2D eigenvalue weighted by Gasteiger charge is 2.09. The second-order valence-electron chi connectivity index (χ2n) is 3.91. The largest absolute Gasteiger partial charge is 0.227 e. The van der Waals surface area contributed by atoms with Gasteiger partial charge in [0.05, 0.1) is 5.75 Å². The van der Waals surface area contributed by atoms with Crippen molar-refractivity contribution in [1.29, 1.82) is 0 Å². The summed E-state index contributed by atoms with van der Waals surface area (Å²) < 4.78 is 26.5. The van der Waals surface area contributed by atoms with Crippen molar-refractivity contribution in [3.05, 3.63) is 0 Å². The summed E-state index contributed by atoms with van der Waals surface area (Å²) >= 11 is 0. The molecule has 0 aliphatic carbocycles. The molecule has 3 nitrogen and oxygen atoms in total. The summed E-state index contributed by atoms with van der Waals surface area (Å²) in [6.07, 6.45) is 7.11. The first-order valence-corrected chi connectivity index (χ1v) is 7.64. The number of rotatable bonds is 10. The Hall–Kier alpha value is -0.0900. The number of nitrogens with zero attached hydrogens (tertiary/aromatic N) is 1. The van der Waals surface area contributed by atoms with Crippen molar-refractivity contribution in [3.63, 3.8) is 0 Å². The van der Waals surface area contributed by atoms with Crippen LogP contribution in [-0.4, -0.2) is 20.7 Å².